The van der Waals surface area contributed by atoms with Gasteiger partial charge in [-0.1, -0.05) is 12.1 Å². The first-order valence-corrected chi connectivity index (χ1v) is 7.70. The van der Waals surface area contributed by atoms with E-state index in [9.17, 15) is 14.4 Å². The van der Waals surface area contributed by atoms with Gasteiger partial charge in [0, 0.05) is 11.3 Å². The summed E-state index contributed by atoms with van der Waals surface area (Å²) in [5, 5.41) is 11.2. The molecule has 0 aromatic heterocycles. The van der Waals surface area contributed by atoms with Crippen molar-refractivity contribution >= 4 is 23.9 Å². The van der Waals surface area contributed by atoms with E-state index in [4.69, 9.17) is 14.7 Å². The lowest BCUT2D eigenvalue weighted by Crippen LogP contribution is -2.23. The Hall–Kier alpha value is -3.66. The minimum atomic E-state index is -0.691. The molecule has 0 fully saturated rings. The van der Waals surface area contributed by atoms with Crippen molar-refractivity contribution in [2.45, 2.75) is 6.42 Å². The SMILES string of the molecule is N#CCc1ccc(NC(=O)COC(=O)COc2ccc(C=O)cc2)cc1. The highest BCUT2D eigenvalue weighted by molar-refractivity contribution is 5.92. The maximum absolute atomic E-state index is 11.8. The second-order valence-corrected chi connectivity index (χ2v) is 5.22. The van der Waals surface area contributed by atoms with E-state index < -0.39 is 18.5 Å². The van der Waals surface area contributed by atoms with Gasteiger partial charge in [-0.25, -0.2) is 4.79 Å². The van der Waals surface area contributed by atoms with Gasteiger partial charge in [0.15, 0.2) is 13.2 Å². The van der Waals surface area contributed by atoms with E-state index in [1.165, 1.54) is 0 Å². The lowest BCUT2D eigenvalue weighted by molar-refractivity contribution is -0.149. The number of nitriles is 1. The van der Waals surface area contributed by atoms with E-state index in [1.54, 1.807) is 48.5 Å². The monoisotopic (exact) mass is 352 g/mol. The third-order valence-electron chi connectivity index (χ3n) is 3.26. The number of aldehydes is 1. The Morgan fingerprint density at radius 3 is 2.35 bits per heavy atom. The lowest BCUT2D eigenvalue weighted by Gasteiger charge is -2.08. The summed E-state index contributed by atoms with van der Waals surface area (Å²) in [6.45, 7) is -0.789. The van der Waals surface area contributed by atoms with Crippen LogP contribution in [0, 0.1) is 11.3 Å². The minimum absolute atomic E-state index is 0.295. The highest BCUT2D eigenvalue weighted by Crippen LogP contribution is 2.11. The Labute approximate surface area is 150 Å². The molecule has 0 aliphatic carbocycles. The molecular weight excluding hydrogens is 336 g/mol. The Kier molecular flexibility index (Phi) is 6.89. The van der Waals surface area contributed by atoms with Gasteiger partial charge in [-0.05, 0) is 42.0 Å². The standard InChI is InChI=1S/C19H16N2O5/c20-10-9-14-1-5-16(6-2-14)21-18(23)12-26-19(24)13-25-17-7-3-15(11-22)4-8-17/h1-8,11H,9,12-13H2,(H,21,23). The van der Waals surface area contributed by atoms with Crippen molar-refractivity contribution in [1.29, 1.82) is 5.26 Å². The van der Waals surface area contributed by atoms with E-state index in [1.807, 2.05) is 6.07 Å². The molecule has 2 aromatic carbocycles. The highest BCUT2D eigenvalue weighted by atomic mass is 16.6. The molecule has 0 saturated carbocycles. The molecule has 0 heterocycles. The number of esters is 1. The van der Waals surface area contributed by atoms with E-state index >= 15 is 0 Å². The number of nitrogens with zero attached hydrogens (tertiary/aromatic N) is 1. The van der Waals surface area contributed by atoms with Gasteiger partial charge in [-0.2, -0.15) is 5.26 Å². The van der Waals surface area contributed by atoms with Crippen LogP contribution in [0.3, 0.4) is 0 Å². The van der Waals surface area contributed by atoms with Gasteiger partial charge < -0.3 is 14.8 Å². The van der Waals surface area contributed by atoms with Crippen LogP contribution in [-0.2, 0) is 20.7 Å². The molecular formula is C19H16N2O5. The zero-order chi connectivity index (χ0) is 18.8. The van der Waals surface area contributed by atoms with E-state index in [-0.39, 0.29) is 6.61 Å². The van der Waals surface area contributed by atoms with Gasteiger partial charge in [-0.3, -0.25) is 9.59 Å². The van der Waals surface area contributed by atoms with Crippen LogP contribution < -0.4 is 10.1 Å². The molecule has 2 aromatic rings. The van der Waals surface area contributed by atoms with Gasteiger partial charge in [-0.15, -0.1) is 0 Å². The van der Waals surface area contributed by atoms with Gasteiger partial charge in [0.05, 0.1) is 12.5 Å². The summed E-state index contributed by atoms with van der Waals surface area (Å²) >= 11 is 0. The molecule has 0 saturated heterocycles. The number of benzene rings is 2. The molecule has 1 N–H and O–H groups in total. The molecule has 0 spiro atoms. The summed E-state index contributed by atoms with van der Waals surface area (Å²) in [5.74, 6) is -0.764. The van der Waals surface area contributed by atoms with Crippen molar-refractivity contribution < 1.29 is 23.9 Å². The Morgan fingerprint density at radius 1 is 1.04 bits per heavy atom. The fourth-order valence-corrected chi connectivity index (χ4v) is 1.97. The van der Waals surface area contributed by atoms with Crippen molar-refractivity contribution in [3.63, 3.8) is 0 Å². The molecule has 0 aliphatic rings. The number of anilines is 1. The van der Waals surface area contributed by atoms with Crippen LogP contribution in [0.4, 0.5) is 5.69 Å². The number of nitrogens with one attached hydrogen (secondary N) is 1. The van der Waals surface area contributed by atoms with Crippen LogP contribution in [0.1, 0.15) is 15.9 Å². The maximum Gasteiger partial charge on any atom is 0.344 e. The molecule has 0 atom stereocenters. The van der Waals surface area contributed by atoms with E-state index in [2.05, 4.69) is 5.32 Å². The van der Waals surface area contributed by atoms with Crippen molar-refractivity contribution in [1.82, 2.24) is 0 Å². The highest BCUT2D eigenvalue weighted by Gasteiger charge is 2.09. The lowest BCUT2D eigenvalue weighted by atomic mass is 10.1. The normalized spacial score (nSPS) is 9.65. The molecule has 0 radical (unpaired) electrons. The van der Waals surface area contributed by atoms with Crippen molar-refractivity contribution in [2.75, 3.05) is 18.5 Å². The second-order valence-electron chi connectivity index (χ2n) is 5.22. The van der Waals surface area contributed by atoms with Crippen molar-refractivity contribution in [3.8, 4) is 11.8 Å². The summed E-state index contributed by atoms with van der Waals surface area (Å²) < 4.78 is 10.0. The van der Waals surface area contributed by atoms with Crippen molar-refractivity contribution in [2.24, 2.45) is 0 Å². The topological polar surface area (TPSA) is 105 Å². The predicted molar refractivity (Wildman–Crippen MR) is 92.7 cm³/mol. The van der Waals surface area contributed by atoms with Crippen LogP contribution in [0.15, 0.2) is 48.5 Å². The van der Waals surface area contributed by atoms with Gasteiger partial charge in [0.2, 0.25) is 0 Å². The fraction of sp³-hybridized carbons (Fsp3) is 0.158. The van der Waals surface area contributed by atoms with Crippen LogP contribution in [-0.4, -0.2) is 31.4 Å². The van der Waals surface area contributed by atoms with Crippen LogP contribution in [0.25, 0.3) is 0 Å². The van der Waals surface area contributed by atoms with E-state index in [0.717, 1.165) is 5.56 Å². The summed E-state index contributed by atoms with van der Waals surface area (Å²) in [6.07, 6.45) is 0.997. The zero-order valence-corrected chi connectivity index (χ0v) is 13.8. The number of hydrogen-bond donors (Lipinski definition) is 1. The van der Waals surface area contributed by atoms with Gasteiger partial charge >= 0.3 is 5.97 Å². The number of carbonyl (C=O) groups is 3. The fourth-order valence-electron chi connectivity index (χ4n) is 1.97. The zero-order valence-electron chi connectivity index (χ0n) is 13.8. The maximum atomic E-state index is 11.8. The van der Waals surface area contributed by atoms with E-state index in [0.29, 0.717) is 29.7 Å². The predicted octanol–water partition coefficient (Wildman–Crippen LogP) is 2.13. The summed E-state index contributed by atoms with van der Waals surface area (Å²) in [7, 11) is 0. The van der Waals surface area contributed by atoms with Gasteiger partial charge in [0.1, 0.15) is 12.0 Å². The smallest absolute Gasteiger partial charge is 0.344 e. The second kappa shape index (κ2) is 9.59. The number of ether oxygens (including phenoxy) is 2. The molecule has 0 bridgehead atoms. The molecule has 1 amide bonds. The molecule has 132 valence electrons. The first-order valence-electron chi connectivity index (χ1n) is 7.70. The van der Waals surface area contributed by atoms with Crippen LogP contribution >= 0.6 is 0 Å². The number of rotatable bonds is 8. The Balaban J connectivity index is 1.71. The molecule has 7 nitrogen and oxygen atoms in total. The van der Waals surface area contributed by atoms with Crippen molar-refractivity contribution in [3.05, 3.63) is 59.7 Å². The Morgan fingerprint density at radius 2 is 1.73 bits per heavy atom. The number of amides is 1. The quantitative estimate of drug-likeness (QED) is 0.576. The largest absolute Gasteiger partial charge is 0.482 e. The first-order chi connectivity index (χ1) is 12.6. The number of hydrogen-bond acceptors (Lipinski definition) is 6. The minimum Gasteiger partial charge on any atom is -0.482 e. The first kappa shape index (κ1) is 18.7. The number of carbonyl (C=O) groups excluding carboxylic acids is 3. The molecule has 7 heteroatoms. The molecule has 26 heavy (non-hydrogen) atoms. The average molecular weight is 352 g/mol. The molecule has 2 rings (SSSR count). The van der Waals surface area contributed by atoms with Gasteiger partial charge in [0.25, 0.3) is 5.91 Å². The summed E-state index contributed by atoms with van der Waals surface area (Å²) in [5.41, 5.74) is 1.88. The van der Waals surface area contributed by atoms with Crippen LogP contribution in [0.2, 0.25) is 0 Å². The third kappa shape index (κ3) is 6.09. The Bertz CT molecular complexity index is 807. The summed E-state index contributed by atoms with van der Waals surface area (Å²) in [4.78, 5) is 33.9. The summed E-state index contributed by atoms with van der Waals surface area (Å²) in [6, 6.07) is 15.1. The molecule has 0 aliphatic heterocycles. The molecule has 0 unspecified atom stereocenters. The van der Waals surface area contributed by atoms with Crippen LogP contribution in [0.5, 0.6) is 5.75 Å². The third-order valence-corrected chi connectivity index (χ3v) is 3.26. The average Bonchev–Trinajstić information content (AvgIpc) is 2.67.